The van der Waals surface area contributed by atoms with Crippen LogP contribution in [0.3, 0.4) is 0 Å². The third-order valence-corrected chi connectivity index (χ3v) is 5.20. The van der Waals surface area contributed by atoms with Gasteiger partial charge < -0.3 is 14.7 Å². The smallest absolute Gasteiger partial charge is 0.157 e. The monoisotopic (exact) mass is 372 g/mol. The molecule has 0 amide bonds. The van der Waals surface area contributed by atoms with E-state index in [1.807, 2.05) is 6.20 Å². The number of hydrogen-bond acceptors (Lipinski definition) is 4. The fourth-order valence-corrected chi connectivity index (χ4v) is 3.84. The second kappa shape index (κ2) is 8.03. The van der Waals surface area contributed by atoms with Crippen molar-refractivity contribution in [1.82, 2.24) is 9.88 Å². The van der Waals surface area contributed by atoms with Crippen molar-refractivity contribution >= 4 is 22.9 Å². The zero-order valence-corrected chi connectivity index (χ0v) is 17.0. The van der Waals surface area contributed by atoms with E-state index in [-0.39, 0.29) is 0 Å². The molecule has 0 atom stereocenters. The number of aromatic nitrogens is 1. The summed E-state index contributed by atoms with van der Waals surface area (Å²) < 4.78 is 0. The summed E-state index contributed by atoms with van der Waals surface area (Å²) in [5.41, 5.74) is 6.14. The van der Waals surface area contributed by atoms with Crippen LogP contribution in [-0.4, -0.2) is 37.1 Å². The van der Waals surface area contributed by atoms with Crippen molar-refractivity contribution in [3.63, 3.8) is 0 Å². The Labute approximate surface area is 168 Å². The Kier molecular flexibility index (Phi) is 5.31. The summed E-state index contributed by atoms with van der Waals surface area (Å²) in [6.07, 6.45) is 3.07. The molecule has 2 aromatic carbocycles. The van der Waals surface area contributed by atoms with Crippen LogP contribution in [-0.2, 0) is 6.54 Å². The van der Waals surface area contributed by atoms with Crippen LogP contribution in [0.25, 0.3) is 0 Å². The van der Waals surface area contributed by atoms with Gasteiger partial charge in [0.1, 0.15) is 0 Å². The van der Waals surface area contributed by atoms with E-state index >= 15 is 0 Å². The summed E-state index contributed by atoms with van der Waals surface area (Å²) in [5.74, 6) is 1.04. The molecule has 0 N–H and O–H groups in total. The lowest BCUT2D eigenvalue weighted by molar-refractivity contribution is 0.402. The lowest BCUT2D eigenvalue weighted by Crippen LogP contribution is -2.24. The van der Waals surface area contributed by atoms with Gasteiger partial charge in [-0.1, -0.05) is 36.4 Å². The van der Waals surface area contributed by atoms with Crippen LogP contribution in [0.5, 0.6) is 0 Å². The Bertz CT molecular complexity index is 936. The van der Waals surface area contributed by atoms with Gasteiger partial charge in [0, 0.05) is 24.1 Å². The summed E-state index contributed by atoms with van der Waals surface area (Å²) in [5, 5.41) is 0. The van der Waals surface area contributed by atoms with E-state index in [0.717, 1.165) is 31.9 Å². The van der Waals surface area contributed by atoms with Gasteiger partial charge in [-0.25, -0.2) is 4.98 Å². The van der Waals surface area contributed by atoms with E-state index in [1.165, 1.54) is 28.2 Å². The number of anilines is 4. The number of hydrogen-bond donors (Lipinski definition) is 0. The molecule has 2 heterocycles. The molecule has 0 saturated carbocycles. The van der Waals surface area contributed by atoms with E-state index in [9.17, 15) is 0 Å². The van der Waals surface area contributed by atoms with Gasteiger partial charge in [0.15, 0.2) is 5.82 Å². The first-order valence-corrected chi connectivity index (χ1v) is 9.93. The van der Waals surface area contributed by atoms with Gasteiger partial charge in [0.25, 0.3) is 0 Å². The summed E-state index contributed by atoms with van der Waals surface area (Å²) in [6, 6.07) is 21.6. The minimum absolute atomic E-state index is 0.836. The summed E-state index contributed by atoms with van der Waals surface area (Å²) in [4.78, 5) is 11.9. The van der Waals surface area contributed by atoms with Gasteiger partial charge in [-0.3, -0.25) is 0 Å². The quantitative estimate of drug-likeness (QED) is 0.619. The molecule has 3 aromatic rings. The second-order valence-corrected chi connectivity index (χ2v) is 7.71. The minimum atomic E-state index is 0.836. The lowest BCUT2D eigenvalue weighted by atomic mass is 10.1. The molecule has 1 aliphatic rings. The zero-order valence-electron chi connectivity index (χ0n) is 17.0. The predicted molar refractivity (Wildman–Crippen MR) is 118 cm³/mol. The number of fused-ring (bicyclic) bond motifs is 2. The molecule has 0 saturated heterocycles. The van der Waals surface area contributed by atoms with Crippen LogP contribution in [0.4, 0.5) is 22.9 Å². The maximum absolute atomic E-state index is 4.90. The molecule has 4 rings (SSSR count). The molecule has 0 fully saturated rings. The molecular weight excluding hydrogens is 344 g/mol. The van der Waals surface area contributed by atoms with Gasteiger partial charge in [0.05, 0.1) is 12.2 Å². The summed E-state index contributed by atoms with van der Waals surface area (Å²) in [7, 11) is 4.26. The van der Waals surface area contributed by atoms with E-state index in [0.29, 0.717) is 0 Å². The largest absolute Gasteiger partial charge is 0.334 e. The fourth-order valence-electron chi connectivity index (χ4n) is 3.84. The van der Waals surface area contributed by atoms with Crippen LogP contribution < -0.4 is 9.80 Å². The number of para-hydroxylation sites is 2. The van der Waals surface area contributed by atoms with E-state index < -0.39 is 0 Å². The van der Waals surface area contributed by atoms with Crippen molar-refractivity contribution in [1.29, 1.82) is 0 Å². The predicted octanol–water partition coefficient (Wildman–Crippen LogP) is 5.13. The van der Waals surface area contributed by atoms with Gasteiger partial charge in [-0.2, -0.15) is 0 Å². The maximum atomic E-state index is 4.90. The number of pyridine rings is 1. The number of nitrogens with zero attached hydrogens (tertiary/aromatic N) is 4. The molecule has 0 bridgehead atoms. The van der Waals surface area contributed by atoms with Gasteiger partial charge in [-0.05, 0) is 69.4 Å². The number of rotatable bonds is 5. The van der Waals surface area contributed by atoms with Crippen LogP contribution in [0, 0.1) is 6.92 Å². The Hall–Kier alpha value is -2.85. The van der Waals surface area contributed by atoms with Crippen LogP contribution in [0.1, 0.15) is 17.5 Å². The molecule has 144 valence electrons. The number of aryl methyl sites for hydroxylation is 1. The van der Waals surface area contributed by atoms with Crippen molar-refractivity contribution in [2.45, 2.75) is 19.9 Å². The maximum Gasteiger partial charge on any atom is 0.157 e. The highest BCUT2D eigenvalue weighted by atomic mass is 15.3. The minimum Gasteiger partial charge on any atom is -0.334 e. The molecule has 4 nitrogen and oxygen atoms in total. The Morgan fingerprint density at radius 3 is 2.50 bits per heavy atom. The highest BCUT2D eigenvalue weighted by molar-refractivity contribution is 5.82. The van der Waals surface area contributed by atoms with Crippen LogP contribution in [0.15, 0.2) is 66.9 Å². The average molecular weight is 373 g/mol. The second-order valence-electron chi connectivity index (χ2n) is 7.71. The van der Waals surface area contributed by atoms with Crippen molar-refractivity contribution in [2.75, 3.05) is 37.0 Å². The molecule has 0 radical (unpaired) electrons. The Balaban J connectivity index is 1.84. The highest BCUT2D eigenvalue weighted by Gasteiger charge is 2.26. The van der Waals surface area contributed by atoms with Crippen molar-refractivity contribution in [3.05, 3.63) is 78.0 Å². The number of benzene rings is 2. The Morgan fingerprint density at radius 1 is 0.964 bits per heavy atom. The van der Waals surface area contributed by atoms with E-state index in [4.69, 9.17) is 4.98 Å². The zero-order chi connectivity index (χ0) is 19.5. The molecule has 4 heteroatoms. The molecule has 0 aliphatic carbocycles. The first kappa shape index (κ1) is 18.5. The van der Waals surface area contributed by atoms with E-state index in [2.05, 4.69) is 96.4 Å². The third-order valence-electron chi connectivity index (χ3n) is 5.20. The fraction of sp³-hybridized carbons (Fsp3) is 0.292. The Morgan fingerprint density at radius 2 is 1.71 bits per heavy atom. The highest BCUT2D eigenvalue weighted by Crippen LogP contribution is 2.42. The van der Waals surface area contributed by atoms with Gasteiger partial charge in [-0.15, -0.1) is 0 Å². The summed E-state index contributed by atoms with van der Waals surface area (Å²) in [6.45, 7) is 4.95. The summed E-state index contributed by atoms with van der Waals surface area (Å²) >= 11 is 0. The molecule has 1 aromatic heterocycles. The molecule has 0 spiro atoms. The molecular formula is C24H28N4. The topological polar surface area (TPSA) is 22.6 Å². The van der Waals surface area contributed by atoms with Gasteiger partial charge >= 0.3 is 0 Å². The molecule has 28 heavy (non-hydrogen) atoms. The van der Waals surface area contributed by atoms with Crippen LogP contribution >= 0.6 is 0 Å². The lowest BCUT2D eigenvalue weighted by Gasteiger charge is -2.28. The first-order chi connectivity index (χ1) is 13.6. The van der Waals surface area contributed by atoms with Crippen molar-refractivity contribution in [3.8, 4) is 0 Å². The van der Waals surface area contributed by atoms with Crippen molar-refractivity contribution < 1.29 is 0 Å². The van der Waals surface area contributed by atoms with Crippen molar-refractivity contribution in [2.24, 2.45) is 0 Å². The molecule has 1 aliphatic heterocycles. The van der Waals surface area contributed by atoms with Gasteiger partial charge in [0.2, 0.25) is 0 Å². The van der Waals surface area contributed by atoms with E-state index in [1.54, 1.807) is 0 Å². The average Bonchev–Trinajstić information content (AvgIpc) is 2.83. The third kappa shape index (κ3) is 3.73. The first-order valence-electron chi connectivity index (χ1n) is 9.93. The standard InChI is InChI=1S/C24H28N4/c1-19-16-23-24(25-17-19)27(15-9-14-26(2)3)22-13-8-7-10-20(22)18-28(23)21-11-5-4-6-12-21/h4-8,10-13,16-17H,9,14-15,18H2,1-3H3. The SMILES string of the molecule is Cc1cnc2c(c1)N(c1ccccc1)Cc1ccccc1N2CCCN(C)C. The van der Waals surface area contributed by atoms with Crippen LogP contribution in [0.2, 0.25) is 0 Å². The normalized spacial score (nSPS) is 13.3. The molecule has 0 unspecified atom stereocenters.